The molecule has 0 atom stereocenters. The van der Waals surface area contributed by atoms with E-state index < -0.39 is 56.2 Å². The third-order valence-corrected chi connectivity index (χ3v) is 3.47. The second kappa shape index (κ2) is 5.87. The molecule has 1 aromatic carbocycles. The van der Waals surface area contributed by atoms with Crippen LogP contribution in [0.25, 0.3) is 11.1 Å². The lowest BCUT2D eigenvalue weighted by Crippen LogP contribution is -2.16. The topological polar surface area (TPSA) is 106 Å². The van der Waals surface area contributed by atoms with E-state index in [4.69, 9.17) is 27.9 Å². The van der Waals surface area contributed by atoms with Gasteiger partial charge in [-0.15, -0.1) is 0 Å². The zero-order chi connectivity index (χ0) is 18.2. The van der Waals surface area contributed by atoms with Crippen molar-refractivity contribution in [2.24, 2.45) is 0 Å². The summed E-state index contributed by atoms with van der Waals surface area (Å²) in [5.74, 6) is -1.88. The highest BCUT2D eigenvalue weighted by Gasteiger charge is 2.35. The lowest BCUT2D eigenvalue weighted by molar-refractivity contribution is -0.137. The van der Waals surface area contributed by atoms with Gasteiger partial charge in [-0.1, -0.05) is 11.6 Å². The summed E-state index contributed by atoms with van der Waals surface area (Å²) >= 11 is 5.33. The molecule has 0 radical (unpaired) electrons. The average Bonchev–Trinajstić information content (AvgIpc) is 2.48. The van der Waals surface area contributed by atoms with Gasteiger partial charge in [-0.25, -0.2) is 4.39 Å². The number of nitrogen functional groups attached to an aromatic ring is 1. The van der Waals surface area contributed by atoms with Crippen molar-refractivity contribution in [1.82, 2.24) is 4.98 Å². The van der Waals surface area contributed by atoms with Gasteiger partial charge in [0.1, 0.15) is 34.9 Å². The zero-order valence-electron chi connectivity index (χ0n) is 11.4. The van der Waals surface area contributed by atoms with Gasteiger partial charge in [0.05, 0.1) is 10.6 Å². The first-order chi connectivity index (χ1) is 11.1. The van der Waals surface area contributed by atoms with Gasteiger partial charge < -0.3 is 10.7 Å². The highest BCUT2D eigenvalue weighted by Crippen LogP contribution is 2.40. The summed E-state index contributed by atoms with van der Waals surface area (Å²) in [6, 6.07) is 4.08. The largest absolute Gasteiger partial charge is 0.417 e. The minimum absolute atomic E-state index is 0.446. The van der Waals surface area contributed by atoms with Crippen LogP contribution in [0.5, 0.6) is 0 Å². The fraction of sp³-hybridized carbons (Fsp3) is 0.0714. The first-order valence-corrected chi connectivity index (χ1v) is 6.42. The Kier molecular flexibility index (Phi) is 4.24. The number of nitrogens with two attached hydrogens (primary N) is 1. The average molecular weight is 357 g/mol. The summed E-state index contributed by atoms with van der Waals surface area (Å²) < 4.78 is 52.7. The van der Waals surface area contributed by atoms with Crippen molar-refractivity contribution in [3.8, 4) is 23.3 Å². The maximum atomic E-state index is 13.8. The van der Waals surface area contributed by atoms with Crippen molar-refractivity contribution in [2.75, 3.05) is 5.73 Å². The van der Waals surface area contributed by atoms with Crippen molar-refractivity contribution in [1.29, 1.82) is 10.5 Å². The molecule has 0 bridgehead atoms. The standard InChI is InChI=1S/C14H5ClF4N4O/c15-11-8(14(17,18)19)1-5(2-9(11)16)10-6(3-20)12(22)23-13(24)7(10)4-21/h1-2H,(H3,22,23,24). The zero-order valence-corrected chi connectivity index (χ0v) is 12.2. The molecule has 2 rings (SSSR count). The SMILES string of the molecule is N#Cc1c(N)[nH]c(=O)c(C#N)c1-c1cc(F)c(Cl)c(C(F)(F)F)c1. The maximum Gasteiger partial charge on any atom is 0.417 e. The Labute approximate surface area is 136 Å². The van der Waals surface area contributed by atoms with Crippen LogP contribution >= 0.6 is 11.6 Å². The number of benzene rings is 1. The monoisotopic (exact) mass is 356 g/mol. The van der Waals surface area contributed by atoms with Gasteiger partial charge >= 0.3 is 6.18 Å². The number of aromatic amines is 1. The summed E-state index contributed by atoms with van der Waals surface area (Å²) in [4.78, 5) is 13.8. The van der Waals surface area contributed by atoms with Crippen LogP contribution in [0.15, 0.2) is 16.9 Å². The minimum atomic E-state index is -4.99. The van der Waals surface area contributed by atoms with Crippen molar-refractivity contribution in [2.45, 2.75) is 6.18 Å². The molecule has 5 nitrogen and oxygen atoms in total. The van der Waals surface area contributed by atoms with Gasteiger partial charge in [-0.2, -0.15) is 23.7 Å². The van der Waals surface area contributed by atoms with Crippen LogP contribution in [-0.4, -0.2) is 4.98 Å². The van der Waals surface area contributed by atoms with Crippen LogP contribution in [0, 0.1) is 28.5 Å². The van der Waals surface area contributed by atoms with E-state index in [1.54, 1.807) is 6.07 Å². The Morgan fingerprint density at radius 2 is 1.75 bits per heavy atom. The molecule has 0 saturated carbocycles. The fourth-order valence-corrected chi connectivity index (χ4v) is 2.29. The predicted molar refractivity (Wildman–Crippen MR) is 76.3 cm³/mol. The van der Waals surface area contributed by atoms with Crippen molar-refractivity contribution < 1.29 is 17.6 Å². The number of nitrogens with one attached hydrogen (secondary N) is 1. The van der Waals surface area contributed by atoms with E-state index in [2.05, 4.69) is 0 Å². The number of hydrogen-bond donors (Lipinski definition) is 2. The third kappa shape index (κ3) is 2.77. The number of pyridine rings is 1. The van der Waals surface area contributed by atoms with Crippen LogP contribution in [0.4, 0.5) is 23.4 Å². The molecule has 0 unspecified atom stereocenters. The number of nitriles is 2. The van der Waals surface area contributed by atoms with E-state index in [9.17, 15) is 22.4 Å². The van der Waals surface area contributed by atoms with E-state index in [1.807, 2.05) is 4.98 Å². The molecule has 3 N–H and O–H groups in total. The van der Waals surface area contributed by atoms with Gasteiger partial charge in [-0.3, -0.25) is 4.79 Å². The molecule has 10 heteroatoms. The number of nitrogens with zero attached hydrogens (tertiary/aromatic N) is 2. The van der Waals surface area contributed by atoms with E-state index in [0.29, 0.717) is 12.1 Å². The van der Waals surface area contributed by atoms with Crippen LogP contribution in [0.2, 0.25) is 5.02 Å². The summed E-state index contributed by atoms with van der Waals surface area (Å²) in [7, 11) is 0. The summed E-state index contributed by atoms with van der Waals surface area (Å²) in [5, 5.41) is 17.0. The molecular formula is C14H5ClF4N4O. The minimum Gasteiger partial charge on any atom is -0.384 e. The second-order valence-corrected chi connectivity index (χ2v) is 4.91. The Bertz CT molecular complexity index is 983. The smallest absolute Gasteiger partial charge is 0.384 e. The number of anilines is 1. The number of rotatable bonds is 1. The summed E-state index contributed by atoms with van der Waals surface area (Å²) in [5.41, 5.74) is 0.783. The van der Waals surface area contributed by atoms with Crippen LogP contribution in [0.1, 0.15) is 16.7 Å². The maximum absolute atomic E-state index is 13.8. The Morgan fingerprint density at radius 1 is 1.17 bits per heavy atom. The molecule has 0 saturated heterocycles. The van der Waals surface area contributed by atoms with E-state index in [-0.39, 0.29) is 0 Å². The first kappa shape index (κ1) is 17.3. The number of halogens is 5. The molecule has 0 aliphatic rings. The van der Waals surface area contributed by atoms with Gasteiger partial charge in [0.25, 0.3) is 5.56 Å². The molecule has 0 aliphatic carbocycles. The predicted octanol–water partition coefficient (Wildman–Crippen LogP) is 3.18. The molecule has 0 amide bonds. The van der Waals surface area contributed by atoms with Gasteiger partial charge in [0.2, 0.25) is 0 Å². The Hall–Kier alpha value is -3.04. The van der Waals surface area contributed by atoms with E-state index in [1.165, 1.54) is 6.07 Å². The Balaban J connectivity index is 2.99. The van der Waals surface area contributed by atoms with Gasteiger partial charge in [0.15, 0.2) is 0 Å². The van der Waals surface area contributed by atoms with Crippen LogP contribution < -0.4 is 11.3 Å². The number of H-pyrrole nitrogens is 1. The second-order valence-electron chi connectivity index (χ2n) is 4.53. The summed E-state index contributed by atoms with van der Waals surface area (Å²) in [6.07, 6.45) is -4.99. The molecule has 0 spiro atoms. The lowest BCUT2D eigenvalue weighted by Gasteiger charge is -2.14. The molecule has 122 valence electrons. The lowest BCUT2D eigenvalue weighted by atomic mass is 9.95. The summed E-state index contributed by atoms with van der Waals surface area (Å²) in [6.45, 7) is 0. The first-order valence-electron chi connectivity index (χ1n) is 6.04. The molecule has 1 aromatic heterocycles. The highest BCUT2D eigenvalue weighted by atomic mass is 35.5. The van der Waals surface area contributed by atoms with Crippen molar-refractivity contribution in [3.63, 3.8) is 0 Å². The molecular weight excluding hydrogens is 352 g/mol. The van der Waals surface area contributed by atoms with Gasteiger partial charge in [-0.05, 0) is 17.7 Å². The van der Waals surface area contributed by atoms with E-state index in [0.717, 1.165) is 0 Å². The van der Waals surface area contributed by atoms with Crippen LogP contribution in [-0.2, 0) is 6.18 Å². The molecule has 2 aromatic rings. The number of hydrogen-bond acceptors (Lipinski definition) is 4. The fourth-order valence-electron chi connectivity index (χ4n) is 2.07. The normalized spacial score (nSPS) is 11.0. The highest BCUT2D eigenvalue weighted by molar-refractivity contribution is 6.31. The molecule has 0 fully saturated rings. The molecule has 1 heterocycles. The molecule has 24 heavy (non-hydrogen) atoms. The third-order valence-electron chi connectivity index (χ3n) is 3.09. The Morgan fingerprint density at radius 3 is 2.25 bits per heavy atom. The van der Waals surface area contributed by atoms with Crippen molar-refractivity contribution >= 4 is 17.4 Å². The molecule has 0 aliphatic heterocycles. The number of alkyl halides is 3. The van der Waals surface area contributed by atoms with E-state index >= 15 is 0 Å². The number of aromatic nitrogens is 1. The van der Waals surface area contributed by atoms with Crippen LogP contribution in [0.3, 0.4) is 0 Å². The quantitative estimate of drug-likeness (QED) is 0.765. The van der Waals surface area contributed by atoms with Crippen molar-refractivity contribution in [3.05, 3.63) is 50.0 Å². The van der Waals surface area contributed by atoms with Gasteiger partial charge in [0, 0.05) is 5.56 Å².